The summed E-state index contributed by atoms with van der Waals surface area (Å²) in [6.07, 6.45) is 6.94. The SMILES string of the molecule is C=C(CCC)C(=O)O.CCCCCCN(C)C. The lowest BCUT2D eigenvalue weighted by atomic mass is 10.2. The van der Waals surface area contributed by atoms with E-state index in [1.54, 1.807) is 0 Å². The number of carbonyl (C=O) groups is 1. The van der Waals surface area contributed by atoms with Gasteiger partial charge in [0.2, 0.25) is 0 Å². The molecule has 17 heavy (non-hydrogen) atoms. The topological polar surface area (TPSA) is 40.5 Å². The van der Waals surface area contributed by atoms with Gasteiger partial charge in [-0.25, -0.2) is 4.79 Å². The third-order valence-corrected chi connectivity index (χ3v) is 2.31. The smallest absolute Gasteiger partial charge is 0.330 e. The molecule has 0 aromatic carbocycles. The molecule has 0 atom stereocenters. The Hall–Kier alpha value is -0.830. The minimum absolute atomic E-state index is 0.299. The van der Waals surface area contributed by atoms with Crippen LogP contribution in [0.3, 0.4) is 0 Å². The van der Waals surface area contributed by atoms with Gasteiger partial charge in [-0.1, -0.05) is 46.1 Å². The second kappa shape index (κ2) is 13.2. The number of hydrogen-bond acceptors (Lipinski definition) is 2. The van der Waals surface area contributed by atoms with Crippen LogP contribution in [0.4, 0.5) is 0 Å². The van der Waals surface area contributed by atoms with Crippen LogP contribution in [-0.2, 0) is 4.79 Å². The van der Waals surface area contributed by atoms with E-state index in [-0.39, 0.29) is 0 Å². The normalized spacial score (nSPS) is 9.71. The highest BCUT2D eigenvalue weighted by atomic mass is 16.4. The van der Waals surface area contributed by atoms with Gasteiger partial charge in [0.05, 0.1) is 0 Å². The van der Waals surface area contributed by atoms with E-state index in [2.05, 4.69) is 32.5 Å². The molecule has 0 fully saturated rings. The standard InChI is InChI=1S/C8H19N.C6H10O2/c1-4-5-6-7-8-9(2)3;1-3-4-5(2)6(7)8/h4-8H2,1-3H3;2-4H2,1H3,(H,7,8). The third-order valence-electron chi connectivity index (χ3n) is 2.31. The molecule has 0 heterocycles. The third kappa shape index (κ3) is 17.8. The molecule has 0 aliphatic carbocycles. The van der Waals surface area contributed by atoms with Crippen LogP contribution in [0.2, 0.25) is 0 Å². The molecule has 0 saturated heterocycles. The van der Waals surface area contributed by atoms with Crippen LogP contribution in [0.15, 0.2) is 12.2 Å². The van der Waals surface area contributed by atoms with E-state index in [1.165, 1.54) is 32.2 Å². The molecule has 0 bridgehead atoms. The van der Waals surface area contributed by atoms with Crippen molar-refractivity contribution >= 4 is 5.97 Å². The van der Waals surface area contributed by atoms with Crippen LogP contribution in [0.5, 0.6) is 0 Å². The summed E-state index contributed by atoms with van der Waals surface area (Å²) in [7, 11) is 4.26. The Morgan fingerprint density at radius 1 is 1.12 bits per heavy atom. The van der Waals surface area contributed by atoms with E-state index >= 15 is 0 Å². The maximum absolute atomic E-state index is 9.99. The van der Waals surface area contributed by atoms with Gasteiger partial charge in [-0.3, -0.25) is 0 Å². The van der Waals surface area contributed by atoms with Crippen molar-refractivity contribution < 1.29 is 9.90 Å². The molecule has 0 spiro atoms. The molecular weight excluding hydrogens is 214 g/mol. The van der Waals surface area contributed by atoms with Crippen LogP contribution in [0.25, 0.3) is 0 Å². The number of nitrogens with zero attached hydrogens (tertiary/aromatic N) is 1. The number of carboxylic acids is 1. The quantitative estimate of drug-likeness (QED) is 0.523. The zero-order valence-electron chi connectivity index (χ0n) is 12.0. The highest BCUT2D eigenvalue weighted by Crippen LogP contribution is 1.99. The van der Waals surface area contributed by atoms with E-state index in [0.717, 1.165) is 6.42 Å². The van der Waals surface area contributed by atoms with Crippen molar-refractivity contribution in [2.24, 2.45) is 0 Å². The van der Waals surface area contributed by atoms with E-state index in [9.17, 15) is 4.79 Å². The lowest BCUT2D eigenvalue weighted by Crippen LogP contribution is -2.12. The molecule has 0 rings (SSSR count). The van der Waals surface area contributed by atoms with Gasteiger partial charge in [-0.15, -0.1) is 0 Å². The van der Waals surface area contributed by atoms with Gasteiger partial charge in [0.15, 0.2) is 0 Å². The van der Waals surface area contributed by atoms with Crippen LogP contribution in [-0.4, -0.2) is 36.6 Å². The molecule has 3 nitrogen and oxygen atoms in total. The van der Waals surface area contributed by atoms with Gasteiger partial charge in [0, 0.05) is 5.57 Å². The van der Waals surface area contributed by atoms with Crippen LogP contribution < -0.4 is 0 Å². The first-order chi connectivity index (χ1) is 7.95. The molecule has 1 N–H and O–H groups in total. The minimum Gasteiger partial charge on any atom is -0.478 e. The summed E-state index contributed by atoms with van der Waals surface area (Å²) >= 11 is 0. The van der Waals surface area contributed by atoms with Crippen molar-refractivity contribution in [3.8, 4) is 0 Å². The van der Waals surface area contributed by atoms with E-state index in [0.29, 0.717) is 12.0 Å². The average molecular weight is 243 g/mol. The first-order valence-electron chi connectivity index (χ1n) is 6.51. The minimum atomic E-state index is -0.883. The molecule has 0 aliphatic rings. The van der Waals surface area contributed by atoms with Gasteiger partial charge < -0.3 is 10.0 Å². The number of aliphatic carboxylic acids is 1. The van der Waals surface area contributed by atoms with E-state index < -0.39 is 5.97 Å². The van der Waals surface area contributed by atoms with Crippen molar-refractivity contribution in [3.63, 3.8) is 0 Å². The fraction of sp³-hybridized carbons (Fsp3) is 0.786. The Morgan fingerprint density at radius 2 is 1.71 bits per heavy atom. The Morgan fingerprint density at radius 3 is 2.00 bits per heavy atom. The molecule has 0 saturated carbocycles. The number of carboxylic acid groups (broad SMARTS) is 1. The maximum atomic E-state index is 9.99. The first kappa shape index (κ1) is 18.5. The zero-order chi connectivity index (χ0) is 13.7. The number of rotatable bonds is 8. The van der Waals surface area contributed by atoms with E-state index in [4.69, 9.17) is 5.11 Å². The van der Waals surface area contributed by atoms with Crippen molar-refractivity contribution in [3.05, 3.63) is 12.2 Å². The van der Waals surface area contributed by atoms with E-state index in [1.807, 2.05) is 6.92 Å². The zero-order valence-corrected chi connectivity index (χ0v) is 12.0. The first-order valence-corrected chi connectivity index (χ1v) is 6.51. The highest BCUT2D eigenvalue weighted by molar-refractivity contribution is 5.85. The molecule has 102 valence electrons. The van der Waals surface area contributed by atoms with Crippen LogP contribution in [0, 0.1) is 0 Å². The Bertz CT molecular complexity index is 200. The fourth-order valence-electron chi connectivity index (χ4n) is 1.26. The van der Waals surface area contributed by atoms with Gasteiger partial charge in [0.25, 0.3) is 0 Å². The predicted octanol–water partition coefficient (Wildman–Crippen LogP) is 3.56. The molecule has 0 aromatic rings. The van der Waals surface area contributed by atoms with Crippen molar-refractivity contribution in [1.82, 2.24) is 4.90 Å². The second-order valence-corrected chi connectivity index (χ2v) is 4.52. The largest absolute Gasteiger partial charge is 0.478 e. The summed E-state index contributed by atoms with van der Waals surface area (Å²) in [6.45, 7) is 8.76. The Labute approximate surface area is 107 Å². The average Bonchev–Trinajstić information content (AvgIpc) is 2.25. The van der Waals surface area contributed by atoms with Gasteiger partial charge in [-0.05, 0) is 33.5 Å². The molecule has 0 aromatic heterocycles. The van der Waals surface area contributed by atoms with Gasteiger partial charge in [0.1, 0.15) is 0 Å². The summed E-state index contributed by atoms with van der Waals surface area (Å²) in [6, 6.07) is 0. The second-order valence-electron chi connectivity index (χ2n) is 4.52. The van der Waals surface area contributed by atoms with Gasteiger partial charge in [-0.2, -0.15) is 0 Å². The molecule has 0 radical (unpaired) electrons. The van der Waals surface area contributed by atoms with Crippen molar-refractivity contribution in [1.29, 1.82) is 0 Å². The fourth-order valence-corrected chi connectivity index (χ4v) is 1.26. The van der Waals surface area contributed by atoms with Crippen molar-refractivity contribution in [2.45, 2.75) is 52.4 Å². The summed E-state index contributed by atoms with van der Waals surface area (Å²) in [4.78, 5) is 12.2. The molecule has 3 heteroatoms. The molecule has 0 amide bonds. The Kier molecular flexibility index (Phi) is 14.4. The molecular formula is C14H29NO2. The molecule has 0 aliphatic heterocycles. The number of unbranched alkanes of at least 4 members (excludes halogenated alkanes) is 3. The summed E-state index contributed by atoms with van der Waals surface area (Å²) in [5, 5.41) is 8.21. The maximum Gasteiger partial charge on any atom is 0.330 e. The van der Waals surface area contributed by atoms with Gasteiger partial charge >= 0.3 is 5.97 Å². The van der Waals surface area contributed by atoms with Crippen molar-refractivity contribution in [2.75, 3.05) is 20.6 Å². The Balaban J connectivity index is 0. The summed E-state index contributed by atoms with van der Waals surface area (Å²) in [5.41, 5.74) is 0.299. The van der Waals surface area contributed by atoms with Crippen LogP contribution in [0.1, 0.15) is 52.4 Å². The molecule has 0 unspecified atom stereocenters. The monoisotopic (exact) mass is 243 g/mol. The van der Waals surface area contributed by atoms with Crippen LogP contribution >= 0.6 is 0 Å². The summed E-state index contributed by atoms with van der Waals surface area (Å²) < 4.78 is 0. The lowest BCUT2D eigenvalue weighted by Gasteiger charge is -2.07. The lowest BCUT2D eigenvalue weighted by molar-refractivity contribution is -0.132. The summed E-state index contributed by atoms with van der Waals surface area (Å²) in [5.74, 6) is -0.883. The highest BCUT2D eigenvalue weighted by Gasteiger charge is 1.99. The number of hydrogen-bond donors (Lipinski definition) is 1. The predicted molar refractivity (Wildman–Crippen MR) is 74.4 cm³/mol.